The summed E-state index contributed by atoms with van der Waals surface area (Å²) in [5.41, 5.74) is 5.86. The third kappa shape index (κ3) is 4.98. The third-order valence-electron chi connectivity index (χ3n) is 5.68. The Balaban J connectivity index is 1.46. The number of hydrogen-bond acceptors (Lipinski definition) is 4. The van der Waals surface area contributed by atoms with Gasteiger partial charge in [-0.05, 0) is 48.1 Å². The summed E-state index contributed by atoms with van der Waals surface area (Å²) in [5.74, 6) is -0.568. The van der Waals surface area contributed by atoms with E-state index in [9.17, 15) is 9.59 Å². The number of nitrogens with zero attached hydrogens (tertiary/aromatic N) is 2. The van der Waals surface area contributed by atoms with Crippen LogP contribution in [0.25, 0.3) is 21.8 Å². The topological polar surface area (TPSA) is 75.5 Å². The molecule has 0 fully saturated rings. The Morgan fingerprint density at radius 1 is 1.06 bits per heavy atom. The number of carbonyl (C=O) groups is 2. The molecule has 0 radical (unpaired) electrons. The van der Waals surface area contributed by atoms with Crippen molar-refractivity contribution >= 4 is 51.2 Å². The fraction of sp³-hybridized carbons (Fsp3) is 0.269. The molecule has 2 amide bonds. The summed E-state index contributed by atoms with van der Waals surface area (Å²) in [7, 11) is 0. The lowest BCUT2D eigenvalue weighted by Crippen LogP contribution is -2.49. The molecule has 0 aliphatic heterocycles. The van der Waals surface area contributed by atoms with Gasteiger partial charge in [-0.3, -0.25) is 9.59 Å². The Morgan fingerprint density at radius 3 is 2.58 bits per heavy atom. The number of benzene rings is 2. The lowest BCUT2D eigenvalue weighted by molar-refractivity contribution is -0.129. The number of thiophene rings is 1. The van der Waals surface area contributed by atoms with Gasteiger partial charge in [0.05, 0.1) is 12.6 Å². The molecule has 0 saturated carbocycles. The highest BCUT2D eigenvalue weighted by Crippen LogP contribution is 2.29. The summed E-state index contributed by atoms with van der Waals surface area (Å²) in [6.45, 7) is 6.83. The maximum absolute atomic E-state index is 12.7. The number of hydrazone groups is 1. The predicted octanol–water partition coefficient (Wildman–Crippen LogP) is 4.71. The van der Waals surface area contributed by atoms with Crippen LogP contribution in [-0.4, -0.2) is 28.6 Å². The predicted molar refractivity (Wildman–Crippen MR) is 136 cm³/mol. The van der Waals surface area contributed by atoms with Crippen molar-refractivity contribution in [3.63, 3.8) is 0 Å². The molecule has 0 aliphatic carbocycles. The fourth-order valence-electron chi connectivity index (χ4n) is 4.06. The Hall–Kier alpha value is -3.45. The van der Waals surface area contributed by atoms with Crippen molar-refractivity contribution in [1.29, 1.82) is 0 Å². The van der Waals surface area contributed by atoms with Gasteiger partial charge in [-0.25, -0.2) is 5.43 Å². The molecule has 7 heteroatoms. The van der Waals surface area contributed by atoms with Crippen LogP contribution in [-0.2, 0) is 22.6 Å². The van der Waals surface area contributed by atoms with Gasteiger partial charge in [0, 0.05) is 33.2 Å². The van der Waals surface area contributed by atoms with Gasteiger partial charge in [0.1, 0.15) is 6.04 Å². The van der Waals surface area contributed by atoms with E-state index in [0.717, 1.165) is 22.4 Å². The zero-order valence-electron chi connectivity index (χ0n) is 19.0. The quantitative estimate of drug-likeness (QED) is 0.295. The molecule has 2 aromatic heterocycles. The van der Waals surface area contributed by atoms with Gasteiger partial charge < -0.3 is 9.88 Å². The van der Waals surface area contributed by atoms with E-state index < -0.39 is 6.04 Å². The Kier molecular flexibility index (Phi) is 6.89. The summed E-state index contributed by atoms with van der Waals surface area (Å²) < 4.78 is 2.29. The van der Waals surface area contributed by atoms with Crippen molar-refractivity contribution < 1.29 is 9.59 Å². The second-order valence-corrected chi connectivity index (χ2v) is 9.35. The van der Waals surface area contributed by atoms with Gasteiger partial charge in [0.2, 0.25) is 5.91 Å². The molecular weight excluding hydrogens is 432 g/mol. The van der Waals surface area contributed by atoms with Gasteiger partial charge in [-0.15, -0.1) is 11.3 Å². The van der Waals surface area contributed by atoms with Crippen LogP contribution < -0.4 is 10.7 Å². The molecule has 0 spiro atoms. The van der Waals surface area contributed by atoms with E-state index >= 15 is 0 Å². The minimum Gasteiger partial charge on any atom is -0.344 e. The van der Waals surface area contributed by atoms with Crippen molar-refractivity contribution in [2.45, 2.75) is 39.8 Å². The molecule has 2 aromatic carbocycles. The number of fused-ring (bicyclic) bond motifs is 3. The lowest BCUT2D eigenvalue weighted by atomic mass is 10.0. The minimum atomic E-state index is -0.653. The van der Waals surface area contributed by atoms with E-state index in [2.05, 4.69) is 57.7 Å². The van der Waals surface area contributed by atoms with Crippen molar-refractivity contribution in [2.24, 2.45) is 11.0 Å². The maximum Gasteiger partial charge on any atom is 0.262 e. The van der Waals surface area contributed by atoms with E-state index in [1.54, 1.807) is 6.21 Å². The van der Waals surface area contributed by atoms with Gasteiger partial charge >= 0.3 is 0 Å². The smallest absolute Gasteiger partial charge is 0.262 e. The van der Waals surface area contributed by atoms with Crippen LogP contribution in [0.5, 0.6) is 0 Å². The minimum absolute atomic E-state index is 0.0657. The van der Waals surface area contributed by atoms with Crippen LogP contribution in [0, 0.1) is 5.92 Å². The average Bonchev–Trinajstić information content (AvgIpc) is 3.42. The van der Waals surface area contributed by atoms with Crippen LogP contribution in [0.3, 0.4) is 0 Å². The number of aromatic nitrogens is 1. The number of para-hydroxylation sites is 1. The molecule has 4 rings (SSSR count). The molecule has 1 unspecified atom stereocenters. The number of hydrogen-bond donors (Lipinski definition) is 2. The maximum atomic E-state index is 12.7. The zero-order chi connectivity index (χ0) is 23.4. The van der Waals surface area contributed by atoms with E-state index in [4.69, 9.17) is 0 Å². The molecule has 2 N–H and O–H groups in total. The Bertz CT molecular complexity index is 1300. The van der Waals surface area contributed by atoms with Crippen LogP contribution in [0.1, 0.15) is 31.2 Å². The summed E-state index contributed by atoms with van der Waals surface area (Å²) in [6, 6.07) is 17.7. The summed E-state index contributed by atoms with van der Waals surface area (Å²) in [6.07, 6.45) is 1.91. The van der Waals surface area contributed by atoms with E-state index in [1.807, 2.05) is 43.5 Å². The van der Waals surface area contributed by atoms with Crippen LogP contribution >= 0.6 is 11.3 Å². The van der Waals surface area contributed by atoms with Crippen molar-refractivity contribution in [2.75, 3.05) is 0 Å². The monoisotopic (exact) mass is 460 g/mol. The Morgan fingerprint density at radius 2 is 1.85 bits per heavy atom. The molecule has 0 bridgehead atoms. The first-order valence-electron chi connectivity index (χ1n) is 11.1. The first-order valence-corrected chi connectivity index (χ1v) is 12.0. The largest absolute Gasteiger partial charge is 0.344 e. The summed E-state index contributed by atoms with van der Waals surface area (Å²) in [4.78, 5) is 26.0. The zero-order valence-corrected chi connectivity index (χ0v) is 19.9. The average molecular weight is 461 g/mol. The molecule has 4 aromatic rings. The van der Waals surface area contributed by atoms with E-state index in [1.165, 1.54) is 27.8 Å². The fourth-order valence-corrected chi connectivity index (χ4v) is 4.77. The normalized spacial score (nSPS) is 12.6. The molecule has 6 nitrogen and oxygen atoms in total. The van der Waals surface area contributed by atoms with Crippen LogP contribution in [0.2, 0.25) is 0 Å². The van der Waals surface area contributed by atoms with Gasteiger partial charge in [-0.1, -0.05) is 44.2 Å². The van der Waals surface area contributed by atoms with Crippen molar-refractivity contribution in [3.8, 4) is 0 Å². The second kappa shape index (κ2) is 10.0. The molecule has 0 saturated heterocycles. The number of rotatable bonds is 8. The highest BCUT2D eigenvalue weighted by molar-refractivity contribution is 7.10. The van der Waals surface area contributed by atoms with Crippen molar-refractivity contribution in [3.05, 3.63) is 70.4 Å². The highest BCUT2D eigenvalue weighted by Gasteiger charge is 2.24. The first kappa shape index (κ1) is 22.7. The highest BCUT2D eigenvalue weighted by atomic mass is 32.1. The van der Waals surface area contributed by atoms with E-state index in [0.29, 0.717) is 0 Å². The van der Waals surface area contributed by atoms with Crippen LogP contribution in [0.15, 0.2) is 65.1 Å². The number of carbonyl (C=O) groups excluding carboxylic acids is 2. The summed E-state index contributed by atoms with van der Waals surface area (Å²) in [5, 5.41) is 11.3. The SMILES string of the molecule is CCn1c2ccccc2c2cc(/C=N/NC(=O)C(NC(=O)Cc3cccs3)C(C)C)ccc21. The second-order valence-electron chi connectivity index (χ2n) is 8.32. The molecule has 0 aliphatic rings. The molecule has 2 heterocycles. The Labute approximate surface area is 197 Å². The number of amides is 2. The number of aryl methyl sites for hydroxylation is 1. The van der Waals surface area contributed by atoms with Gasteiger partial charge in [-0.2, -0.15) is 5.10 Å². The third-order valence-corrected chi connectivity index (χ3v) is 6.56. The molecule has 170 valence electrons. The molecule has 1 atom stereocenters. The van der Waals surface area contributed by atoms with Crippen LogP contribution in [0.4, 0.5) is 0 Å². The standard InChI is InChI=1S/C26H28N4O2S/c1-4-30-22-10-6-5-9-20(22)21-14-18(11-12-23(21)30)16-27-29-26(32)25(17(2)3)28-24(31)15-19-8-7-13-33-19/h5-14,16-17,25H,4,15H2,1-3H3,(H,28,31)(H,29,32)/b27-16+. The molecule has 33 heavy (non-hydrogen) atoms. The van der Waals surface area contributed by atoms with Gasteiger partial charge in [0.15, 0.2) is 0 Å². The summed E-state index contributed by atoms with van der Waals surface area (Å²) >= 11 is 1.52. The van der Waals surface area contributed by atoms with Gasteiger partial charge in [0.25, 0.3) is 5.91 Å². The first-order chi connectivity index (χ1) is 16.0. The molecular formula is C26H28N4O2S. The van der Waals surface area contributed by atoms with Crippen molar-refractivity contribution in [1.82, 2.24) is 15.3 Å². The number of nitrogens with one attached hydrogen (secondary N) is 2. The van der Waals surface area contributed by atoms with E-state index in [-0.39, 0.29) is 24.2 Å². The lowest BCUT2D eigenvalue weighted by Gasteiger charge is -2.20.